The van der Waals surface area contributed by atoms with E-state index in [4.69, 9.17) is 0 Å². The average molecular weight is 439 g/mol. The number of nitriles is 1. The van der Waals surface area contributed by atoms with Gasteiger partial charge in [-0.3, -0.25) is 14.5 Å². The molecule has 2 aliphatic rings. The van der Waals surface area contributed by atoms with Crippen molar-refractivity contribution in [3.05, 3.63) is 29.8 Å². The lowest BCUT2D eigenvalue weighted by Crippen LogP contribution is -2.47. The van der Waals surface area contributed by atoms with Gasteiger partial charge >= 0.3 is 0 Å². The normalized spacial score (nSPS) is 21.7. The number of Topliss-reactive ketones (excluding diaryl/α,β-unsaturated/α-hetero) is 1. The maximum atomic E-state index is 12.2. The number of amides is 1. The summed E-state index contributed by atoms with van der Waals surface area (Å²) in [4.78, 5) is 30.6. The van der Waals surface area contributed by atoms with E-state index in [2.05, 4.69) is 22.1 Å². The summed E-state index contributed by atoms with van der Waals surface area (Å²) >= 11 is 0. The summed E-state index contributed by atoms with van der Waals surface area (Å²) < 4.78 is 0. The van der Waals surface area contributed by atoms with Gasteiger partial charge in [-0.15, -0.1) is 0 Å². The van der Waals surface area contributed by atoms with E-state index in [1.165, 1.54) is 11.3 Å². The number of nitrogens with zero attached hydrogens (tertiary/aromatic N) is 4. The molecule has 1 aliphatic carbocycles. The molecule has 0 unspecified atom stereocenters. The second-order valence-electron chi connectivity index (χ2n) is 9.23. The number of carbonyl (C=O) groups excluding carboxylic acids is 2. The van der Waals surface area contributed by atoms with Crippen LogP contribution in [-0.2, 0) is 4.79 Å². The van der Waals surface area contributed by atoms with E-state index >= 15 is 0 Å². The zero-order valence-electron chi connectivity index (χ0n) is 19.8. The highest BCUT2D eigenvalue weighted by Crippen LogP contribution is 2.30. The Morgan fingerprint density at radius 2 is 1.81 bits per heavy atom. The van der Waals surface area contributed by atoms with Crippen LogP contribution in [0.25, 0.3) is 0 Å². The molecule has 0 N–H and O–H groups in total. The largest absolute Gasteiger partial charge is 0.369 e. The number of carbonyl (C=O) groups is 2. The molecule has 1 amide bonds. The standard InChI is InChI=1S/C26H38N4O2/c1-3-6-26(32)30(20-27)23-11-9-21(10-12-23)13-14-28-15-17-29(18-16-28)24-8-5-7-22(19-24)25(31)4-2/h5,7-8,19,21,23H,3-4,6,9-18H2,1-2H3. The SMILES string of the molecule is CCCC(=O)N(C#N)C1CCC(CCN2CCN(c3cccc(C(=O)CC)c3)CC2)CC1. The Bertz CT molecular complexity index is 802. The third-order valence-corrected chi connectivity index (χ3v) is 7.10. The Balaban J connectivity index is 1.39. The van der Waals surface area contributed by atoms with Crippen molar-refractivity contribution >= 4 is 17.4 Å². The summed E-state index contributed by atoms with van der Waals surface area (Å²) in [6, 6.07) is 8.15. The van der Waals surface area contributed by atoms with Crippen molar-refractivity contribution in [1.29, 1.82) is 5.26 Å². The fourth-order valence-corrected chi connectivity index (χ4v) is 5.04. The predicted molar refractivity (Wildman–Crippen MR) is 127 cm³/mol. The highest BCUT2D eigenvalue weighted by molar-refractivity contribution is 5.96. The van der Waals surface area contributed by atoms with Crippen molar-refractivity contribution < 1.29 is 9.59 Å². The Morgan fingerprint density at radius 3 is 2.44 bits per heavy atom. The lowest BCUT2D eigenvalue weighted by Gasteiger charge is -2.37. The molecule has 3 rings (SSSR count). The number of piperazine rings is 1. The van der Waals surface area contributed by atoms with Gasteiger partial charge in [0.05, 0.1) is 0 Å². The van der Waals surface area contributed by atoms with Crippen molar-refractivity contribution in [2.24, 2.45) is 5.92 Å². The van der Waals surface area contributed by atoms with Crippen molar-refractivity contribution in [3.8, 4) is 6.19 Å². The van der Waals surface area contributed by atoms with E-state index < -0.39 is 0 Å². The smallest absolute Gasteiger partial charge is 0.235 e. The lowest BCUT2D eigenvalue weighted by atomic mass is 9.83. The summed E-state index contributed by atoms with van der Waals surface area (Å²) in [5, 5.41) is 9.40. The van der Waals surface area contributed by atoms with Crippen molar-refractivity contribution in [2.75, 3.05) is 37.6 Å². The molecule has 0 bridgehead atoms. The summed E-state index contributed by atoms with van der Waals surface area (Å²) in [5.41, 5.74) is 1.97. The first-order valence-electron chi connectivity index (χ1n) is 12.4. The number of anilines is 1. The molecule has 1 heterocycles. The predicted octanol–water partition coefficient (Wildman–Crippen LogP) is 4.46. The van der Waals surface area contributed by atoms with Crippen LogP contribution in [0, 0.1) is 17.4 Å². The Kier molecular flexibility index (Phi) is 9.11. The van der Waals surface area contributed by atoms with Crippen LogP contribution in [-0.4, -0.2) is 60.3 Å². The molecule has 0 atom stereocenters. The van der Waals surface area contributed by atoms with E-state index in [0.29, 0.717) is 18.8 Å². The molecule has 174 valence electrons. The zero-order valence-corrected chi connectivity index (χ0v) is 19.8. The minimum atomic E-state index is -0.0130. The number of hydrogen-bond donors (Lipinski definition) is 0. The summed E-state index contributed by atoms with van der Waals surface area (Å²) in [6.45, 7) is 9.10. The molecule has 1 aliphatic heterocycles. The fraction of sp³-hybridized carbons (Fsp3) is 0.654. The third-order valence-electron chi connectivity index (χ3n) is 7.10. The molecule has 6 nitrogen and oxygen atoms in total. The second kappa shape index (κ2) is 12.0. The number of hydrogen-bond acceptors (Lipinski definition) is 5. The molecular formula is C26H38N4O2. The quantitative estimate of drug-likeness (QED) is 0.323. The molecular weight excluding hydrogens is 400 g/mol. The minimum Gasteiger partial charge on any atom is -0.369 e. The molecule has 0 aromatic heterocycles. The van der Waals surface area contributed by atoms with Crippen molar-refractivity contribution in [2.45, 2.75) is 71.3 Å². The van der Waals surface area contributed by atoms with Crippen molar-refractivity contribution in [3.63, 3.8) is 0 Å². The summed E-state index contributed by atoms with van der Waals surface area (Å²) in [7, 11) is 0. The van der Waals surface area contributed by atoms with Gasteiger partial charge in [-0.05, 0) is 63.1 Å². The first kappa shape index (κ1) is 24.3. The molecule has 0 radical (unpaired) electrons. The van der Waals surface area contributed by atoms with Crippen LogP contribution in [0.5, 0.6) is 0 Å². The summed E-state index contributed by atoms with van der Waals surface area (Å²) in [6.07, 6.45) is 9.27. The maximum Gasteiger partial charge on any atom is 0.235 e. The van der Waals surface area contributed by atoms with Gasteiger partial charge in [0.15, 0.2) is 12.0 Å². The van der Waals surface area contributed by atoms with E-state index in [0.717, 1.165) is 76.1 Å². The van der Waals surface area contributed by atoms with Gasteiger partial charge < -0.3 is 4.90 Å². The lowest BCUT2D eigenvalue weighted by molar-refractivity contribution is -0.130. The van der Waals surface area contributed by atoms with E-state index in [1.54, 1.807) is 0 Å². The van der Waals surface area contributed by atoms with Crippen molar-refractivity contribution in [1.82, 2.24) is 9.80 Å². The first-order valence-corrected chi connectivity index (χ1v) is 12.4. The average Bonchev–Trinajstić information content (AvgIpc) is 2.84. The van der Waals surface area contributed by atoms with Crippen LogP contribution in [0.2, 0.25) is 0 Å². The Labute approximate surface area is 193 Å². The van der Waals surface area contributed by atoms with Gasteiger partial charge in [0.1, 0.15) is 0 Å². The molecule has 32 heavy (non-hydrogen) atoms. The molecule has 1 aromatic rings. The van der Waals surface area contributed by atoms with Crippen LogP contribution in [0.4, 0.5) is 5.69 Å². The van der Waals surface area contributed by atoms with Crippen LogP contribution in [0.3, 0.4) is 0 Å². The molecule has 1 aromatic carbocycles. The fourth-order valence-electron chi connectivity index (χ4n) is 5.04. The molecule has 1 saturated heterocycles. The van der Waals surface area contributed by atoms with Gasteiger partial charge in [-0.25, -0.2) is 4.90 Å². The van der Waals surface area contributed by atoms with Gasteiger partial charge in [0.2, 0.25) is 5.91 Å². The van der Waals surface area contributed by atoms with Gasteiger partial charge in [-0.1, -0.05) is 26.0 Å². The van der Waals surface area contributed by atoms with Crippen LogP contribution < -0.4 is 4.90 Å². The van der Waals surface area contributed by atoms with Crippen LogP contribution in [0.1, 0.15) is 75.6 Å². The van der Waals surface area contributed by atoms with E-state index in [-0.39, 0.29) is 17.7 Å². The van der Waals surface area contributed by atoms with E-state index in [9.17, 15) is 14.9 Å². The first-order chi connectivity index (χ1) is 15.5. The molecule has 0 spiro atoms. The van der Waals surface area contributed by atoms with Crippen LogP contribution >= 0.6 is 0 Å². The highest BCUT2D eigenvalue weighted by atomic mass is 16.2. The second-order valence-corrected chi connectivity index (χ2v) is 9.23. The number of benzene rings is 1. The zero-order chi connectivity index (χ0) is 22.9. The number of ketones is 1. The highest BCUT2D eigenvalue weighted by Gasteiger charge is 2.29. The topological polar surface area (TPSA) is 67.7 Å². The molecule has 1 saturated carbocycles. The van der Waals surface area contributed by atoms with Crippen LogP contribution in [0.15, 0.2) is 24.3 Å². The molecule has 2 fully saturated rings. The third kappa shape index (κ3) is 6.32. The molecule has 6 heteroatoms. The number of rotatable bonds is 9. The Hall–Kier alpha value is -2.39. The van der Waals surface area contributed by atoms with E-state index in [1.807, 2.05) is 32.0 Å². The van der Waals surface area contributed by atoms with Gasteiger partial charge in [0.25, 0.3) is 0 Å². The minimum absolute atomic E-state index is 0.0130. The Morgan fingerprint density at radius 1 is 1.09 bits per heavy atom. The van der Waals surface area contributed by atoms with Gasteiger partial charge in [-0.2, -0.15) is 5.26 Å². The monoisotopic (exact) mass is 438 g/mol. The maximum absolute atomic E-state index is 12.2. The summed E-state index contributed by atoms with van der Waals surface area (Å²) in [5.74, 6) is 0.886. The van der Waals surface area contributed by atoms with Gasteiger partial charge in [0, 0.05) is 56.3 Å².